The molecule has 0 amide bonds. The molecule has 1 saturated heterocycles. The number of sulfone groups is 2. The molecule has 9 rings (SSSR count). The van der Waals surface area contributed by atoms with Crippen molar-refractivity contribution in [2.24, 2.45) is 0 Å². The largest absolute Gasteiger partial charge is 0.314 e. The average Bonchev–Trinajstić information content (AvgIpc) is 3.93. The quantitative estimate of drug-likeness (QED) is 0.126. The van der Waals surface area contributed by atoms with Crippen LogP contribution in [0.15, 0.2) is 144 Å². The fourth-order valence-electron chi connectivity index (χ4n) is 7.50. The molecule has 0 atom stereocenters. The van der Waals surface area contributed by atoms with E-state index in [9.17, 15) is 34.4 Å². The maximum absolute atomic E-state index is 14.8. The SMILES string of the molecule is CCC(F)(F)c1ccc(-c2cnc3c(-c4cccc(S(C)(=O)=O)c4)cnn3c2)cc1.CS(=O)(=O)c1cccc(-c2cnn3cc(-c4ccc(C(F)(F)CN5CCNCC5)cc4)cnc23)c1. The van der Waals surface area contributed by atoms with E-state index in [-0.39, 0.29) is 33.9 Å². The molecule has 12 nitrogen and oxygen atoms in total. The smallest absolute Gasteiger partial charge is 0.285 e. The van der Waals surface area contributed by atoms with Crippen LogP contribution in [0.3, 0.4) is 0 Å². The van der Waals surface area contributed by atoms with Crippen LogP contribution in [0, 0.1) is 0 Å². The summed E-state index contributed by atoms with van der Waals surface area (Å²) in [6.07, 6.45) is 12.2. The first kappa shape index (κ1) is 45.2. The molecule has 336 valence electrons. The molecule has 1 aliphatic heterocycles. The maximum Gasteiger partial charge on any atom is 0.285 e. The van der Waals surface area contributed by atoms with Gasteiger partial charge in [0.25, 0.3) is 11.8 Å². The van der Waals surface area contributed by atoms with Gasteiger partial charge in [0.2, 0.25) is 0 Å². The van der Waals surface area contributed by atoms with Gasteiger partial charge in [0.05, 0.1) is 28.7 Å². The van der Waals surface area contributed by atoms with E-state index >= 15 is 0 Å². The summed E-state index contributed by atoms with van der Waals surface area (Å²) in [5, 5.41) is 11.9. The molecule has 65 heavy (non-hydrogen) atoms. The molecule has 0 bridgehead atoms. The Hall–Kier alpha value is -6.34. The van der Waals surface area contributed by atoms with E-state index in [0.717, 1.165) is 41.6 Å². The standard InChI is InChI=1S/C25H25F2N5O2S.C22H19F2N3O2S/c1-35(33,34)22-4-2-3-19(13-22)23-15-30-32-16-20(14-29-24(23)32)18-5-7-21(8-6-18)25(26,27)17-31-11-9-28-10-12-31;1-3-22(23,24)18-9-7-15(8-10-18)17-12-25-21-20(13-26-27(21)14-17)16-5-4-6-19(11-16)30(2,28)29/h2-8,13-16,28H,9-12,17H2,1H3;4-14H,3H2,1-2H3. The van der Waals surface area contributed by atoms with E-state index in [2.05, 4.69) is 25.5 Å². The third kappa shape index (κ3) is 10.00. The molecule has 0 aliphatic carbocycles. The Labute approximate surface area is 373 Å². The third-order valence-corrected chi connectivity index (χ3v) is 13.4. The Balaban J connectivity index is 0.000000179. The van der Waals surface area contributed by atoms with Crippen molar-refractivity contribution in [2.75, 3.05) is 45.2 Å². The summed E-state index contributed by atoms with van der Waals surface area (Å²) >= 11 is 0. The number of benzene rings is 4. The Bertz CT molecular complexity index is 3230. The van der Waals surface area contributed by atoms with Crippen LogP contribution in [0.2, 0.25) is 0 Å². The van der Waals surface area contributed by atoms with Gasteiger partial charge in [-0.05, 0) is 46.5 Å². The van der Waals surface area contributed by atoms with E-state index < -0.39 is 31.5 Å². The Morgan fingerprint density at radius 1 is 0.569 bits per heavy atom. The molecule has 1 N–H and O–H groups in total. The zero-order valence-corrected chi connectivity index (χ0v) is 37.2. The van der Waals surface area contributed by atoms with Crippen molar-refractivity contribution in [1.29, 1.82) is 0 Å². The van der Waals surface area contributed by atoms with E-state index in [4.69, 9.17) is 0 Å². The highest BCUT2D eigenvalue weighted by Crippen LogP contribution is 2.35. The monoisotopic (exact) mass is 924 g/mol. The molecule has 4 aromatic heterocycles. The van der Waals surface area contributed by atoms with Crippen LogP contribution in [0.4, 0.5) is 17.6 Å². The van der Waals surface area contributed by atoms with Gasteiger partial charge < -0.3 is 5.32 Å². The Morgan fingerprint density at radius 2 is 1.00 bits per heavy atom. The molecule has 18 heteroatoms. The van der Waals surface area contributed by atoms with Gasteiger partial charge >= 0.3 is 0 Å². The first-order valence-electron chi connectivity index (χ1n) is 20.6. The van der Waals surface area contributed by atoms with Crippen molar-refractivity contribution in [3.05, 3.63) is 145 Å². The van der Waals surface area contributed by atoms with Crippen molar-refractivity contribution in [3.8, 4) is 44.5 Å². The number of halogens is 4. The molecular weight excluding hydrogens is 881 g/mol. The van der Waals surface area contributed by atoms with Crippen molar-refractivity contribution < 1.29 is 34.4 Å². The van der Waals surface area contributed by atoms with Crippen molar-refractivity contribution >= 4 is 31.0 Å². The van der Waals surface area contributed by atoms with Crippen LogP contribution in [-0.2, 0) is 31.5 Å². The third-order valence-electron chi connectivity index (χ3n) is 11.2. The average molecular weight is 925 g/mol. The molecule has 1 aliphatic rings. The minimum Gasteiger partial charge on any atom is -0.314 e. The summed E-state index contributed by atoms with van der Waals surface area (Å²) in [7, 11) is -6.67. The topological polar surface area (TPSA) is 144 Å². The fraction of sp³-hybridized carbons (Fsp3) is 0.234. The summed E-state index contributed by atoms with van der Waals surface area (Å²) in [4.78, 5) is 11.2. The van der Waals surface area contributed by atoms with Crippen LogP contribution in [0.1, 0.15) is 24.5 Å². The first-order chi connectivity index (χ1) is 30.9. The normalized spacial score (nSPS) is 14.1. The summed E-state index contributed by atoms with van der Waals surface area (Å²) in [6, 6.07) is 25.7. The highest BCUT2D eigenvalue weighted by atomic mass is 32.2. The number of nitrogens with one attached hydrogen (secondary N) is 1. The molecule has 8 aromatic rings. The van der Waals surface area contributed by atoms with E-state index in [1.165, 1.54) is 37.4 Å². The highest BCUT2D eigenvalue weighted by molar-refractivity contribution is 7.91. The minimum absolute atomic E-state index is 0.0130. The maximum atomic E-state index is 14.8. The van der Waals surface area contributed by atoms with Crippen molar-refractivity contribution in [3.63, 3.8) is 0 Å². The molecule has 0 saturated carbocycles. The second kappa shape index (κ2) is 17.9. The lowest BCUT2D eigenvalue weighted by atomic mass is 10.0. The summed E-state index contributed by atoms with van der Waals surface area (Å²) in [6.45, 7) is 3.84. The van der Waals surface area contributed by atoms with Gasteiger partial charge in [-0.25, -0.2) is 44.6 Å². The summed E-state index contributed by atoms with van der Waals surface area (Å²) in [5.41, 5.74) is 6.84. The van der Waals surface area contributed by atoms with Gasteiger partial charge in [-0.2, -0.15) is 19.0 Å². The lowest BCUT2D eigenvalue weighted by Gasteiger charge is -2.30. The van der Waals surface area contributed by atoms with E-state index in [1.807, 2.05) is 0 Å². The number of hydrogen-bond acceptors (Lipinski definition) is 10. The first-order valence-corrected chi connectivity index (χ1v) is 24.4. The lowest BCUT2D eigenvalue weighted by molar-refractivity contribution is -0.0400. The molecule has 1 fully saturated rings. The predicted octanol–water partition coefficient (Wildman–Crippen LogP) is 8.43. The number of piperazine rings is 1. The van der Waals surface area contributed by atoms with Crippen LogP contribution < -0.4 is 5.32 Å². The number of nitrogens with zero attached hydrogens (tertiary/aromatic N) is 7. The van der Waals surface area contributed by atoms with Crippen molar-refractivity contribution in [2.45, 2.75) is 35.0 Å². The van der Waals surface area contributed by atoms with Crippen LogP contribution in [-0.4, -0.2) is 96.2 Å². The zero-order chi connectivity index (χ0) is 46.1. The minimum atomic E-state index is -3.34. The number of alkyl halides is 4. The van der Waals surface area contributed by atoms with Crippen LogP contribution in [0.25, 0.3) is 55.8 Å². The van der Waals surface area contributed by atoms with E-state index in [1.54, 1.807) is 124 Å². The van der Waals surface area contributed by atoms with Crippen LogP contribution in [0.5, 0.6) is 0 Å². The number of fused-ring (bicyclic) bond motifs is 2. The second-order valence-electron chi connectivity index (χ2n) is 15.9. The van der Waals surface area contributed by atoms with Gasteiger partial charge in [0.1, 0.15) is 0 Å². The van der Waals surface area contributed by atoms with Crippen molar-refractivity contribution in [1.82, 2.24) is 39.4 Å². The van der Waals surface area contributed by atoms with E-state index in [0.29, 0.717) is 46.6 Å². The van der Waals surface area contributed by atoms with Gasteiger partial charge in [-0.1, -0.05) is 79.7 Å². The molecule has 4 aromatic carbocycles. The molecule has 0 radical (unpaired) electrons. The zero-order valence-electron chi connectivity index (χ0n) is 35.5. The summed E-state index contributed by atoms with van der Waals surface area (Å²) in [5.74, 6) is -5.78. The lowest BCUT2D eigenvalue weighted by Crippen LogP contribution is -2.47. The Kier molecular flexibility index (Phi) is 12.5. The second-order valence-corrected chi connectivity index (χ2v) is 19.9. The Morgan fingerprint density at radius 3 is 1.42 bits per heavy atom. The number of rotatable bonds is 11. The fourth-order valence-corrected chi connectivity index (χ4v) is 8.84. The molecule has 0 unspecified atom stereocenters. The number of aromatic nitrogens is 6. The van der Waals surface area contributed by atoms with Gasteiger partial charge in [0.15, 0.2) is 31.0 Å². The predicted molar refractivity (Wildman–Crippen MR) is 241 cm³/mol. The van der Waals surface area contributed by atoms with Gasteiger partial charge in [-0.15, -0.1) is 0 Å². The number of hydrogen-bond donors (Lipinski definition) is 1. The van der Waals surface area contributed by atoms with Crippen LogP contribution >= 0.6 is 0 Å². The molecular formula is C47H44F4N8O4S2. The highest BCUT2D eigenvalue weighted by Gasteiger charge is 2.34. The van der Waals surface area contributed by atoms with Gasteiger partial charge in [-0.3, -0.25) is 4.90 Å². The molecule has 0 spiro atoms. The van der Waals surface area contributed by atoms with Gasteiger partial charge in [0, 0.05) is 103 Å². The summed E-state index contributed by atoms with van der Waals surface area (Å²) < 4.78 is 108. The molecule has 5 heterocycles.